The molecule has 1 unspecified atom stereocenters. The molecule has 5 nitrogen and oxygen atoms in total. The van der Waals surface area contributed by atoms with Crippen LogP contribution in [0.15, 0.2) is 24.5 Å². The molecule has 2 saturated heterocycles. The summed E-state index contributed by atoms with van der Waals surface area (Å²) in [4.78, 5) is 21.5. The van der Waals surface area contributed by atoms with Gasteiger partial charge in [-0.2, -0.15) is 0 Å². The molecule has 1 aliphatic carbocycles. The first kappa shape index (κ1) is 17.0. The Labute approximate surface area is 150 Å². The van der Waals surface area contributed by atoms with E-state index in [4.69, 9.17) is 4.74 Å². The molecule has 1 atom stereocenters. The molecule has 0 aromatic carbocycles. The zero-order valence-electron chi connectivity index (χ0n) is 15.2. The number of amides is 1. The summed E-state index contributed by atoms with van der Waals surface area (Å²) in [5, 5.41) is 0. The first-order valence-electron chi connectivity index (χ1n) is 9.64. The van der Waals surface area contributed by atoms with Crippen LogP contribution in [0.4, 0.5) is 0 Å². The van der Waals surface area contributed by atoms with Crippen LogP contribution in [0.2, 0.25) is 0 Å². The van der Waals surface area contributed by atoms with Crippen LogP contribution >= 0.6 is 0 Å². The van der Waals surface area contributed by atoms with Crippen LogP contribution in [-0.4, -0.2) is 66.6 Å². The predicted octanol–water partition coefficient (Wildman–Crippen LogP) is 2.43. The number of nitrogens with zero attached hydrogens (tertiary/aromatic N) is 3. The number of hydrogen-bond donors (Lipinski definition) is 0. The van der Waals surface area contributed by atoms with Gasteiger partial charge in [0.1, 0.15) is 0 Å². The van der Waals surface area contributed by atoms with E-state index in [0.717, 1.165) is 38.6 Å². The van der Waals surface area contributed by atoms with Gasteiger partial charge < -0.3 is 9.64 Å². The summed E-state index contributed by atoms with van der Waals surface area (Å²) in [5.41, 5.74) is 1.03. The number of carbonyl (C=O) groups is 1. The van der Waals surface area contributed by atoms with Crippen molar-refractivity contribution in [1.82, 2.24) is 14.8 Å². The Balaban J connectivity index is 1.42. The van der Waals surface area contributed by atoms with Gasteiger partial charge in [0.15, 0.2) is 0 Å². The molecular formula is C20H29N3O2. The first-order valence-corrected chi connectivity index (χ1v) is 9.64. The fraction of sp³-hybridized carbons (Fsp3) is 0.700. The van der Waals surface area contributed by atoms with Crippen molar-refractivity contribution in [3.8, 4) is 0 Å². The zero-order chi connectivity index (χ0) is 17.3. The van der Waals surface area contributed by atoms with Gasteiger partial charge in [0, 0.05) is 57.6 Å². The van der Waals surface area contributed by atoms with Gasteiger partial charge in [-0.25, -0.2) is 0 Å². The fourth-order valence-corrected chi connectivity index (χ4v) is 4.93. The first-order chi connectivity index (χ1) is 12.2. The van der Waals surface area contributed by atoms with Crippen molar-refractivity contribution < 1.29 is 9.53 Å². The highest BCUT2D eigenvalue weighted by molar-refractivity contribution is 5.93. The zero-order valence-corrected chi connectivity index (χ0v) is 15.2. The molecular weight excluding hydrogens is 314 g/mol. The third-order valence-corrected chi connectivity index (χ3v) is 6.75. The lowest BCUT2D eigenvalue weighted by atomic mass is 9.71. The average molecular weight is 343 g/mol. The van der Waals surface area contributed by atoms with Crippen LogP contribution in [-0.2, 0) is 4.74 Å². The topological polar surface area (TPSA) is 45.7 Å². The van der Waals surface area contributed by atoms with Crippen molar-refractivity contribution in [2.45, 2.75) is 38.1 Å². The molecule has 2 aliphatic heterocycles. The summed E-state index contributed by atoms with van der Waals surface area (Å²) in [6, 6.07) is 4.50. The number of hydrogen-bond acceptors (Lipinski definition) is 4. The summed E-state index contributed by atoms with van der Waals surface area (Å²) in [7, 11) is 1.82. The molecule has 136 valence electrons. The molecule has 5 heteroatoms. The highest BCUT2D eigenvalue weighted by Crippen LogP contribution is 2.47. The lowest BCUT2D eigenvalue weighted by Gasteiger charge is -2.43. The Morgan fingerprint density at radius 2 is 2.16 bits per heavy atom. The van der Waals surface area contributed by atoms with Crippen molar-refractivity contribution in [2.75, 3.05) is 39.9 Å². The quantitative estimate of drug-likeness (QED) is 0.842. The lowest BCUT2D eigenvalue weighted by Crippen LogP contribution is -2.47. The van der Waals surface area contributed by atoms with Gasteiger partial charge in [0.2, 0.25) is 0 Å². The largest absolute Gasteiger partial charge is 0.384 e. The van der Waals surface area contributed by atoms with E-state index in [-0.39, 0.29) is 5.91 Å². The van der Waals surface area contributed by atoms with Crippen molar-refractivity contribution in [2.24, 2.45) is 11.3 Å². The maximum absolute atomic E-state index is 12.7. The summed E-state index contributed by atoms with van der Waals surface area (Å²) in [5.74, 6) is 0.730. The van der Waals surface area contributed by atoms with E-state index in [1.165, 1.54) is 32.4 Å². The summed E-state index contributed by atoms with van der Waals surface area (Å²) in [6.45, 7) is 4.92. The van der Waals surface area contributed by atoms with Gasteiger partial charge in [0.25, 0.3) is 5.91 Å². The molecule has 3 heterocycles. The maximum atomic E-state index is 12.7. The second-order valence-electron chi connectivity index (χ2n) is 8.06. The Morgan fingerprint density at radius 3 is 2.76 bits per heavy atom. The number of methoxy groups -OCH3 is 1. The number of pyridine rings is 1. The van der Waals surface area contributed by atoms with E-state index >= 15 is 0 Å². The minimum atomic E-state index is 0.125. The van der Waals surface area contributed by atoms with Crippen molar-refractivity contribution >= 4 is 5.91 Å². The van der Waals surface area contributed by atoms with E-state index in [1.54, 1.807) is 12.4 Å². The van der Waals surface area contributed by atoms with E-state index in [2.05, 4.69) is 9.88 Å². The van der Waals surface area contributed by atoms with Crippen LogP contribution in [0.1, 0.15) is 42.5 Å². The molecule has 3 aliphatic rings. The minimum Gasteiger partial charge on any atom is -0.384 e. The van der Waals surface area contributed by atoms with Crippen molar-refractivity contribution in [1.29, 1.82) is 0 Å². The smallest absolute Gasteiger partial charge is 0.255 e. The van der Waals surface area contributed by atoms with Crippen molar-refractivity contribution in [3.63, 3.8) is 0 Å². The normalized spacial score (nSPS) is 26.8. The molecule has 1 aromatic heterocycles. The van der Waals surface area contributed by atoms with Crippen LogP contribution in [0.25, 0.3) is 0 Å². The number of carbonyl (C=O) groups excluding carboxylic acids is 1. The lowest BCUT2D eigenvalue weighted by molar-refractivity contribution is 0.0312. The third kappa shape index (κ3) is 3.20. The van der Waals surface area contributed by atoms with Gasteiger partial charge in [-0.15, -0.1) is 0 Å². The van der Waals surface area contributed by atoms with Gasteiger partial charge in [0.05, 0.1) is 12.2 Å². The third-order valence-electron chi connectivity index (χ3n) is 6.75. The monoisotopic (exact) mass is 343 g/mol. The fourth-order valence-electron chi connectivity index (χ4n) is 4.93. The molecule has 4 rings (SSSR count). The molecule has 0 N–H and O–H groups in total. The van der Waals surface area contributed by atoms with Crippen LogP contribution in [0.3, 0.4) is 0 Å². The van der Waals surface area contributed by atoms with Gasteiger partial charge in [-0.05, 0) is 43.2 Å². The highest BCUT2D eigenvalue weighted by Gasteiger charge is 2.50. The van der Waals surface area contributed by atoms with Gasteiger partial charge in [-0.1, -0.05) is 6.42 Å². The van der Waals surface area contributed by atoms with Crippen LogP contribution < -0.4 is 0 Å². The average Bonchev–Trinajstić information content (AvgIpc) is 2.92. The number of piperidine rings is 1. The number of aromatic nitrogens is 1. The van der Waals surface area contributed by atoms with E-state index in [1.807, 2.05) is 24.1 Å². The van der Waals surface area contributed by atoms with Gasteiger partial charge in [-0.3, -0.25) is 14.7 Å². The number of rotatable bonds is 4. The molecule has 3 fully saturated rings. The Kier molecular flexibility index (Phi) is 4.78. The van der Waals surface area contributed by atoms with Crippen molar-refractivity contribution in [3.05, 3.63) is 30.1 Å². The molecule has 1 saturated carbocycles. The molecule has 0 bridgehead atoms. The SMILES string of the molecule is COCC1CN(C2CCC2)CC12CCN(C(=O)c1cccnc1)CC2. The highest BCUT2D eigenvalue weighted by atomic mass is 16.5. The molecule has 1 spiro atoms. The molecule has 0 radical (unpaired) electrons. The number of likely N-dealkylation sites (tertiary alicyclic amines) is 2. The van der Waals surface area contributed by atoms with E-state index in [9.17, 15) is 4.79 Å². The second-order valence-corrected chi connectivity index (χ2v) is 8.06. The Morgan fingerprint density at radius 1 is 1.36 bits per heavy atom. The molecule has 1 amide bonds. The van der Waals surface area contributed by atoms with E-state index < -0.39 is 0 Å². The summed E-state index contributed by atoms with van der Waals surface area (Å²) >= 11 is 0. The summed E-state index contributed by atoms with van der Waals surface area (Å²) < 4.78 is 5.56. The number of ether oxygens (including phenoxy) is 1. The van der Waals surface area contributed by atoms with E-state index in [0.29, 0.717) is 16.9 Å². The molecule has 25 heavy (non-hydrogen) atoms. The maximum Gasteiger partial charge on any atom is 0.255 e. The standard InChI is InChI=1S/C20H29N3O2/c1-25-14-17-13-23(18-5-2-6-18)15-20(17)7-10-22(11-8-20)19(24)16-4-3-9-21-12-16/h3-4,9,12,17-18H,2,5-8,10-11,13-15H2,1H3. The summed E-state index contributed by atoms with van der Waals surface area (Å²) in [6.07, 6.45) is 9.69. The Bertz CT molecular complexity index is 594. The van der Waals surface area contributed by atoms with Crippen LogP contribution in [0, 0.1) is 11.3 Å². The second kappa shape index (κ2) is 7.04. The minimum absolute atomic E-state index is 0.125. The predicted molar refractivity (Wildman–Crippen MR) is 96.4 cm³/mol. The van der Waals surface area contributed by atoms with Gasteiger partial charge >= 0.3 is 0 Å². The molecule has 1 aromatic rings. The van der Waals surface area contributed by atoms with Crippen LogP contribution in [0.5, 0.6) is 0 Å². The Hall–Kier alpha value is -1.46.